The third-order valence-electron chi connectivity index (χ3n) is 4.69. The maximum Gasteiger partial charge on any atom is 0.253 e. The van der Waals surface area contributed by atoms with Gasteiger partial charge < -0.3 is 9.88 Å². The molecule has 1 heterocycles. The van der Waals surface area contributed by atoms with E-state index in [2.05, 4.69) is 22.5 Å². The summed E-state index contributed by atoms with van der Waals surface area (Å²) < 4.78 is 1.99. The van der Waals surface area contributed by atoms with E-state index in [0.29, 0.717) is 23.0 Å². The summed E-state index contributed by atoms with van der Waals surface area (Å²) in [4.78, 5) is 30.4. The molecule has 1 aromatic heterocycles. The van der Waals surface area contributed by atoms with Gasteiger partial charge in [0, 0.05) is 6.54 Å². The number of amides is 2. The standard InChI is InChI=1S/C22H25ClN4O2S/c1-3-13-27-19-11-7-6-10-17(19)25-22(27)26-21(29)18(12-14-30-2)24-20(28)15-8-4-5-9-16(15)23/h4-11,18H,3,12-14H2,1-2H3,(H,24,28)(H,25,26,29). The lowest BCUT2D eigenvalue weighted by molar-refractivity contribution is -0.118. The Hall–Kier alpha value is -2.51. The van der Waals surface area contributed by atoms with E-state index in [1.807, 2.05) is 35.1 Å². The predicted molar refractivity (Wildman–Crippen MR) is 124 cm³/mol. The molecule has 2 N–H and O–H groups in total. The number of nitrogens with zero attached hydrogens (tertiary/aromatic N) is 2. The number of benzene rings is 2. The lowest BCUT2D eigenvalue weighted by atomic mass is 10.1. The number of fused-ring (bicyclic) bond motifs is 1. The van der Waals surface area contributed by atoms with Crippen LogP contribution in [-0.2, 0) is 11.3 Å². The number of hydrogen-bond acceptors (Lipinski definition) is 4. The molecule has 0 saturated heterocycles. The van der Waals surface area contributed by atoms with Crippen molar-refractivity contribution in [3.8, 4) is 0 Å². The topological polar surface area (TPSA) is 76.0 Å². The van der Waals surface area contributed by atoms with Crippen LogP contribution in [0, 0.1) is 0 Å². The highest BCUT2D eigenvalue weighted by molar-refractivity contribution is 7.98. The number of anilines is 1. The average molecular weight is 445 g/mol. The second-order valence-corrected chi connectivity index (χ2v) is 8.25. The molecule has 2 amide bonds. The normalized spacial score (nSPS) is 12.0. The van der Waals surface area contributed by atoms with E-state index in [9.17, 15) is 9.59 Å². The zero-order chi connectivity index (χ0) is 21.5. The molecule has 0 aliphatic carbocycles. The number of thioether (sulfide) groups is 1. The number of hydrogen-bond donors (Lipinski definition) is 2. The summed E-state index contributed by atoms with van der Waals surface area (Å²) in [5, 5.41) is 6.10. The van der Waals surface area contributed by atoms with Crippen LogP contribution in [0.25, 0.3) is 11.0 Å². The van der Waals surface area contributed by atoms with Crippen LogP contribution in [0.4, 0.5) is 5.95 Å². The second-order valence-electron chi connectivity index (χ2n) is 6.85. The summed E-state index contributed by atoms with van der Waals surface area (Å²) in [5.41, 5.74) is 2.14. The first-order chi connectivity index (χ1) is 14.5. The highest BCUT2D eigenvalue weighted by Crippen LogP contribution is 2.21. The Morgan fingerprint density at radius 1 is 1.17 bits per heavy atom. The molecule has 1 atom stereocenters. The van der Waals surface area contributed by atoms with Crippen molar-refractivity contribution in [2.45, 2.75) is 32.4 Å². The fourth-order valence-corrected chi connectivity index (χ4v) is 3.90. The van der Waals surface area contributed by atoms with E-state index in [0.717, 1.165) is 29.8 Å². The molecule has 0 radical (unpaired) electrons. The first-order valence-corrected chi connectivity index (χ1v) is 11.6. The fourth-order valence-electron chi connectivity index (χ4n) is 3.20. The third-order valence-corrected chi connectivity index (χ3v) is 5.66. The Bertz CT molecular complexity index is 1040. The fraction of sp³-hybridized carbons (Fsp3) is 0.318. The van der Waals surface area contributed by atoms with Gasteiger partial charge >= 0.3 is 0 Å². The minimum absolute atomic E-state index is 0.294. The number of nitrogens with one attached hydrogen (secondary N) is 2. The molecular formula is C22H25ClN4O2S. The molecule has 3 aromatic rings. The number of carbonyl (C=O) groups is 2. The highest BCUT2D eigenvalue weighted by atomic mass is 35.5. The van der Waals surface area contributed by atoms with Crippen molar-refractivity contribution in [1.29, 1.82) is 0 Å². The van der Waals surface area contributed by atoms with E-state index >= 15 is 0 Å². The average Bonchev–Trinajstić information content (AvgIpc) is 3.08. The number of halogens is 1. The zero-order valence-electron chi connectivity index (χ0n) is 17.0. The monoisotopic (exact) mass is 444 g/mol. The molecule has 2 aromatic carbocycles. The van der Waals surface area contributed by atoms with Crippen molar-refractivity contribution in [3.05, 3.63) is 59.1 Å². The van der Waals surface area contributed by atoms with E-state index in [4.69, 9.17) is 11.6 Å². The van der Waals surface area contributed by atoms with Crippen molar-refractivity contribution >= 4 is 52.2 Å². The molecule has 3 rings (SSSR count). The molecule has 0 fully saturated rings. The molecular weight excluding hydrogens is 420 g/mol. The maximum absolute atomic E-state index is 13.1. The highest BCUT2D eigenvalue weighted by Gasteiger charge is 2.24. The molecule has 0 spiro atoms. The summed E-state index contributed by atoms with van der Waals surface area (Å²) in [6, 6.07) is 13.9. The second kappa shape index (κ2) is 10.5. The van der Waals surface area contributed by atoms with E-state index in [1.165, 1.54) is 0 Å². The number of aryl methyl sites for hydroxylation is 1. The maximum atomic E-state index is 13.1. The van der Waals surface area contributed by atoms with Gasteiger partial charge in [-0.15, -0.1) is 0 Å². The van der Waals surface area contributed by atoms with Gasteiger partial charge in [0.2, 0.25) is 11.9 Å². The van der Waals surface area contributed by atoms with Gasteiger partial charge in [0.05, 0.1) is 21.6 Å². The Kier molecular flexibility index (Phi) is 7.76. The summed E-state index contributed by atoms with van der Waals surface area (Å²) in [5.74, 6) is 0.553. The summed E-state index contributed by atoms with van der Waals surface area (Å²) in [7, 11) is 0. The lowest BCUT2D eigenvalue weighted by Crippen LogP contribution is -2.44. The number of imidazole rings is 1. The minimum atomic E-state index is -0.698. The molecule has 158 valence electrons. The van der Waals surface area contributed by atoms with Crippen LogP contribution >= 0.6 is 23.4 Å². The quantitative estimate of drug-likeness (QED) is 0.506. The predicted octanol–water partition coefficient (Wildman–Crippen LogP) is 4.59. The summed E-state index contributed by atoms with van der Waals surface area (Å²) in [6.45, 7) is 2.81. The summed E-state index contributed by atoms with van der Waals surface area (Å²) in [6.07, 6.45) is 3.37. The van der Waals surface area contributed by atoms with Crippen molar-refractivity contribution in [1.82, 2.24) is 14.9 Å². The Balaban J connectivity index is 1.82. The van der Waals surface area contributed by atoms with Crippen LogP contribution in [0.2, 0.25) is 5.02 Å². The van der Waals surface area contributed by atoms with Gasteiger partial charge in [-0.1, -0.05) is 42.8 Å². The van der Waals surface area contributed by atoms with Crippen molar-refractivity contribution in [2.75, 3.05) is 17.3 Å². The SMILES string of the molecule is CCCn1c(NC(=O)C(CCSC)NC(=O)c2ccccc2Cl)nc2ccccc21. The van der Waals surface area contributed by atoms with Gasteiger partial charge in [-0.25, -0.2) is 4.98 Å². The van der Waals surface area contributed by atoms with Gasteiger partial charge in [0.25, 0.3) is 5.91 Å². The van der Waals surface area contributed by atoms with Gasteiger partial charge in [0.1, 0.15) is 6.04 Å². The van der Waals surface area contributed by atoms with E-state index in [1.54, 1.807) is 36.0 Å². The van der Waals surface area contributed by atoms with E-state index in [-0.39, 0.29) is 11.8 Å². The van der Waals surface area contributed by atoms with Gasteiger partial charge in [-0.3, -0.25) is 14.9 Å². The Morgan fingerprint density at radius 2 is 1.90 bits per heavy atom. The van der Waals surface area contributed by atoms with Gasteiger partial charge in [0.15, 0.2) is 0 Å². The molecule has 0 aliphatic heterocycles. The van der Waals surface area contributed by atoms with Crippen molar-refractivity contribution in [2.24, 2.45) is 0 Å². The number of para-hydroxylation sites is 2. The first-order valence-electron chi connectivity index (χ1n) is 9.85. The van der Waals surface area contributed by atoms with Gasteiger partial charge in [-0.2, -0.15) is 11.8 Å². The third kappa shape index (κ3) is 5.15. The first kappa shape index (κ1) is 22.2. The Morgan fingerprint density at radius 3 is 2.63 bits per heavy atom. The number of carbonyl (C=O) groups excluding carboxylic acids is 2. The van der Waals surface area contributed by atoms with Crippen LogP contribution in [0.15, 0.2) is 48.5 Å². The van der Waals surface area contributed by atoms with Crippen LogP contribution < -0.4 is 10.6 Å². The van der Waals surface area contributed by atoms with Crippen LogP contribution in [0.1, 0.15) is 30.1 Å². The van der Waals surface area contributed by atoms with E-state index < -0.39 is 6.04 Å². The van der Waals surface area contributed by atoms with Crippen LogP contribution in [0.5, 0.6) is 0 Å². The van der Waals surface area contributed by atoms with Gasteiger partial charge in [-0.05, 0) is 49.1 Å². The summed E-state index contributed by atoms with van der Waals surface area (Å²) >= 11 is 7.75. The van der Waals surface area contributed by atoms with Crippen LogP contribution in [0.3, 0.4) is 0 Å². The largest absolute Gasteiger partial charge is 0.340 e. The minimum Gasteiger partial charge on any atom is -0.340 e. The van der Waals surface area contributed by atoms with Crippen molar-refractivity contribution < 1.29 is 9.59 Å². The number of rotatable bonds is 9. The molecule has 0 bridgehead atoms. The Labute approximate surface area is 185 Å². The molecule has 8 heteroatoms. The molecule has 0 aliphatic rings. The zero-order valence-corrected chi connectivity index (χ0v) is 18.6. The van der Waals surface area contributed by atoms with Crippen LogP contribution in [-0.4, -0.2) is 39.4 Å². The molecule has 0 saturated carbocycles. The lowest BCUT2D eigenvalue weighted by Gasteiger charge is -2.19. The number of aromatic nitrogens is 2. The smallest absolute Gasteiger partial charge is 0.253 e. The molecule has 30 heavy (non-hydrogen) atoms. The molecule has 6 nitrogen and oxygen atoms in total. The van der Waals surface area contributed by atoms with Crippen molar-refractivity contribution in [3.63, 3.8) is 0 Å². The molecule has 1 unspecified atom stereocenters.